The van der Waals surface area contributed by atoms with Gasteiger partial charge in [0.2, 0.25) is 5.95 Å². The number of aromatic nitrogens is 5. The lowest BCUT2D eigenvalue weighted by Crippen LogP contribution is -2.10. The number of hydrogen-bond acceptors (Lipinski definition) is 5. The van der Waals surface area contributed by atoms with E-state index in [0.29, 0.717) is 17.7 Å². The van der Waals surface area contributed by atoms with Gasteiger partial charge in [-0.25, -0.2) is 4.68 Å². The summed E-state index contributed by atoms with van der Waals surface area (Å²) in [5.41, 5.74) is 2.16. The van der Waals surface area contributed by atoms with Crippen molar-refractivity contribution >= 4 is 5.95 Å². The van der Waals surface area contributed by atoms with E-state index in [-0.39, 0.29) is 0 Å². The average Bonchev–Trinajstić information content (AvgIpc) is 3.02. The van der Waals surface area contributed by atoms with Crippen LogP contribution in [0.2, 0.25) is 0 Å². The van der Waals surface area contributed by atoms with Crippen molar-refractivity contribution in [2.45, 2.75) is 13.8 Å². The Morgan fingerprint density at radius 2 is 1.90 bits per heavy atom. The molecule has 0 aliphatic carbocycles. The number of anilines is 1. The zero-order valence-electron chi connectivity index (χ0n) is 12.0. The number of nitrogens with one attached hydrogen (secondary N) is 1. The van der Waals surface area contributed by atoms with Crippen molar-refractivity contribution in [3.8, 4) is 17.3 Å². The van der Waals surface area contributed by atoms with E-state index >= 15 is 0 Å². The quantitative estimate of drug-likeness (QED) is 0.795. The first-order valence-electron chi connectivity index (χ1n) is 6.83. The molecule has 3 aromatic rings. The van der Waals surface area contributed by atoms with Crippen LogP contribution in [0.4, 0.5) is 5.95 Å². The van der Waals surface area contributed by atoms with Gasteiger partial charge in [0, 0.05) is 24.5 Å². The van der Waals surface area contributed by atoms with E-state index < -0.39 is 0 Å². The molecule has 0 spiro atoms. The molecule has 1 aromatic carbocycles. The number of nitrogens with zero attached hydrogens (tertiary/aromatic N) is 5. The number of rotatable bonds is 4. The molecule has 1 N–H and O–H groups in total. The number of hydrogen-bond donors (Lipinski definition) is 1. The second-order valence-electron chi connectivity index (χ2n) is 4.63. The van der Waals surface area contributed by atoms with Crippen molar-refractivity contribution in [1.82, 2.24) is 24.7 Å². The third kappa shape index (κ3) is 2.89. The molecular weight excluding hydrogens is 264 g/mol. The first-order chi connectivity index (χ1) is 10.3. The summed E-state index contributed by atoms with van der Waals surface area (Å²) in [5, 5.41) is 7.30. The summed E-state index contributed by atoms with van der Waals surface area (Å²) >= 11 is 0. The second-order valence-corrected chi connectivity index (χ2v) is 4.63. The highest BCUT2D eigenvalue weighted by Crippen LogP contribution is 2.18. The van der Waals surface area contributed by atoms with Gasteiger partial charge in [-0.3, -0.25) is 0 Å². The predicted octanol–water partition coefficient (Wildman–Crippen LogP) is 2.46. The Bertz CT molecular complexity index is 718. The van der Waals surface area contributed by atoms with Gasteiger partial charge in [0.25, 0.3) is 5.95 Å². The van der Waals surface area contributed by atoms with Crippen molar-refractivity contribution < 1.29 is 0 Å². The second kappa shape index (κ2) is 5.70. The van der Waals surface area contributed by atoms with Crippen LogP contribution in [0.3, 0.4) is 0 Å². The molecule has 0 saturated heterocycles. The zero-order chi connectivity index (χ0) is 14.7. The van der Waals surface area contributed by atoms with Crippen molar-refractivity contribution in [3.63, 3.8) is 0 Å². The third-order valence-corrected chi connectivity index (χ3v) is 2.98. The molecule has 2 aromatic heterocycles. The number of benzene rings is 1. The van der Waals surface area contributed by atoms with Gasteiger partial charge < -0.3 is 5.32 Å². The standard InChI is InChI=1S/C15H16N6/c1-3-16-14-18-13(12-7-5-11(2)6-8-12)19-15(20-14)21-10-4-9-17-21/h4-10H,3H2,1-2H3,(H,16,18,19,20). The summed E-state index contributed by atoms with van der Waals surface area (Å²) in [6.07, 6.45) is 3.51. The maximum absolute atomic E-state index is 4.50. The van der Waals surface area contributed by atoms with Crippen molar-refractivity contribution in [1.29, 1.82) is 0 Å². The van der Waals surface area contributed by atoms with Gasteiger partial charge in [-0.15, -0.1) is 0 Å². The number of aryl methyl sites for hydroxylation is 1. The predicted molar refractivity (Wildman–Crippen MR) is 81.3 cm³/mol. The molecule has 0 aliphatic heterocycles. The Morgan fingerprint density at radius 1 is 1.10 bits per heavy atom. The molecule has 6 nitrogen and oxygen atoms in total. The van der Waals surface area contributed by atoms with Crippen LogP contribution in [0.1, 0.15) is 12.5 Å². The van der Waals surface area contributed by atoms with E-state index in [0.717, 1.165) is 12.1 Å². The van der Waals surface area contributed by atoms with Gasteiger partial charge in [-0.2, -0.15) is 20.1 Å². The fourth-order valence-corrected chi connectivity index (χ4v) is 1.92. The third-order valence-electron chi connectivity index (χ3n) is 2.98. The Kier molecular flexibility index (Phi) is 3.59. The van der Waals surface area contributed by atoms with E-state index in [1.54, 1.807) is 10.9 Å². The maximum Gasteiger partial charge on any atom is 0.255 e. The van der Waals surface area contributed by atoms with E-state index in [9.17, 15) is 0 Å². The van der Waals surface area contributed by atoms with Crippen molar-refractivity contribution in [2.75, 3.05) is 11.9 Å². The lowest BCUT2D eigenvalue weighted by atomic mass is 10.1. The van der Waals surface area contributed by atoms with Gasteiger partial charge in [0.1, 0.15) is 0 Å². The van der Waals surface area contributed by atoms with Crippen LogP contribution in [-0.4, -0.2) is 31.3 Å². The lowest BCUT2D eigenvalue weighted by molar-refractivity contribution is 0.798. The zero-order valence-corrected chi connectivity index (χ0v) is 12.0. The molecule has 21 heavy (non-hydrogen) atoms. The maximum atomic E-state index is 4.50. The summed E-state index contributed by atoms with van der Waals surface area (Å²) in [6, 6.07) is 9.93. The molecule has 0 aliphatic rings. The van der Waals surface area contributed by atoms with Gasteiger partial charge in [-0.05, 0) is 19.9 Å². The fourth-order valence-electron chi connectivity index (χ4n) is 1.92. The Labute approximate surface area is 122 Å². The van der Waals surface area contributed by atoms with Crippen LogP contribution in [0, 0.1) is 6.92 Å². The van der Waals surface area contributed by atoms with Gasteiger partial charge in [0.15, 0.2) is 5.82 Å². The summed E-state index contributed by atoms with van der Waals surface area (Å²) in [7, 11) is 0. The van der Waals surface area contributed by atoms with E-state index in [2.05, 4.69) is 32.3 Å². The highest BCUT2D eigenvalue weighted by Gasteiger charge is 2.09. The summed E-state index contributed by atoms with van der Waals surface area (Å²) < 4.78 is 1.63. The smallest absolute Gasteiger partial charge is 0.255 e. The molecule has 0 radical (unpaired) electrons. The topological polar surface area (TPSA) is 68.5 Å². The molecule has 0 unspecified atom stereocenters. The van der Waals surface area contributed by atoms with Crippen LogP contribution < -0.4 is 5.32 Å². The molecule has 0 atom stereocenters. The average molecular weight is 280 g/mol. The van der Waals surface area contributed by atoms with Crippen molar-refractivity contribution in [2.24, 2.45) is 0 Å². The minimum Gasteiger partial charge on any atom is -0.354 e. The van der Waals surface area contributed by atoms with Crippen LogP contribution >= 0.6 is 0 Å². The van der Waals surface area contributed by atoms with Gasteiger partial charge in [-0.1, -0.05) is 29.8 Å². The van der Waals surface area contributed by atoms with Crippen LogP contribution in [0.5, 0.6) is 0 Å². The molecular formula is C15H16N6. The Morgan fingerprint density at radius 3 is 2.57 bits per heavy atom. The molecule has 0 amide bonds. The molecule has 6 heteroatoms. The molecule has 0 saturated carbocycles. The minimum absolute atomic E-state index is 0.501. The molecule has 2 heterocycles. The van der Waals surface area contributed by atoms with E-state index in [4.69, 9.17) is 0 Å². The lowest BCUT2D eigenvalue weighted by Gasteiger charge is -2.08. The van der Waals surface area contributed by atoms with E-state index in [1.807, 2.05) is 43.5 Å². The largest absolute Gasteiger partial charge is 0.354 e. The van der Waals surface area contributed by atoms with E-state index in [1.165, 1.54) is 5.56 Å². The Balaban J connectivity index is 2.09. The highest BCUT2D eigenvalue weighted by atomic mass is 15.4. The highest BCUT2D eigenvalue weighted by molar-refractivity contribution is 5.57. The van der Waals surface area contributed by atoms with Crippen LogP contribution in [0.15, 0.2) is 42.7 Å². The van der Waals surface area contributed by atoms with Gasteiger partial charge in [0.05, 0.1) is 0 Å². The molecule has 0 fully saturated rings. The van der Waals surface area contributed by atoms with Gasteiger partial charge >= 0.3 is 0 Å². The molecule has 106 valence electrons. The van der Waals surface area contributed by atoms with Crippen LogP contribution in [0.25, 0.3) is 17.3 Å². The normalized spacial score (nSPS) is 10.6. The Hall–Kier alpha value is -2.76. The summed E-state index contributed by atoms with van der Waals surface area (Å²) in [4.78, 5) is 13.3. The first kappa shape index (κ1) is 13.2. The van der Waals surface area contributed by atoms with Crippen LogP contribution in [-0.2, 0) is 0 Å². The molecule has 0 bridgehead atoms. The first-order valence-corrected chi connectivity index (χ1v) is 6.83. The fraction of sp³-hybridized carbons (Fsp3) is 0.200. The summed E-state index contributed by atoms with van der Waals surface area (Å²) in [5.74, 6) is 1.68. The summed E-state index contributed by atoms with van der Waals surface area (Å²) in [6.45, 7) is 4.80. The SMILES string of the molecule is CCNc1nc(-c2ccc(C)cc2)nc(-n2cccn2)n1. The molecule has 3 rings (SSSR count). The minimum atomic E-state index is 0.501. The van der Waals surface area contributed by atoms with Crippen molar-refractivity contribution in [3.05, 3.63) is 48.3 Å². The monoisotopic (exact) mass is 280 g/mol.